The van der Waals surface area contributed by atoms with Gasteiger partial charge in [-0.3, -0.25) is 4.90 Å². The molecule has 3 aliphatic rings. The number of carbonyl (C=O) groups is 2. The molecular weight excluding hydrogens is 666 g/mol. The molecule has 2 fully saturated rings. The van der Waals surface area contributed by atoms with Gasteiger partial charge in [-0.2, -0.15) is 0 Å². The number of rotatable bonds is 8. The van der Waals surface area contributed by atoms with Crippen LogP contribution < -0.4 is 38.9 Å². The van der Waals surface area contributed by atoms with Crippen molar-refractivity contribution in [3.05, 3.63) is 108 Å². The molecule has 0 bridgehead atoms. The van der Waals surface area contributed by atoms with Gasteiger partial charge in [0.05, 0.1) is 31.9 Å². The van der Waals surface area contributed by atoms with E-state index in [0.717, 1.165) is 44.1 Å². The van der Waals surface area contributed by atoms with Crippen molar-refractivity contribution in [2.24, 2.45) is 0 Å². The van der Waals surface area contributed by atoms with Crippen molar-refractivity contribution in [1.29, 1.82) is 0 Å². The smallest absolute Gasteiger partial charge is 1.00 e. The first-order valence-corrected chi connectivity index (χ1v) is 17.6. The predicted octanol–water partition coefficient (Wildman–Crippen LogP) is 3.17. The van der Waals surface area contributed by atoms with Gasteiger partial charge in [0, 0.05) is 52.2 Å². The predicted molar refractivity (Wildman–Crippen MR) is 198 cm³/mol. The van der Waals surface area contributed by atoms with Crippen molar-refractivity contribution in [2.45, 2.75) is 84.5 Å². The van der Waals surface area contributed by atoms with E-state index in [1.165, 1.54) is 11.1 Å². The van der Waals surface area contributed by atoms with Crippen molar-refractivity contribution in [3.8, 4) is 5.75 Å². The Morgan fingerprint density at radius 1 is 0.731 bits per heavy atom. The largest absolute Gasteiger partial charge is 1.00 e. The van der Waals surface area contributed by atoms with Crippen LogP contribution in [0.2, 0.25) is 0 Å². The van der Waals surface area contributed by atoms with Gasteiger partial charge in [-0.1, -0.05) is 60.7 Å². The van der Waals surface area contributed by atoms with E-state index in [-0.39, 0.29) is 63.8 Å². The van der Waals surface area contributed by atoms with Crippen LogP contribution in [-0.2, 0) is 27.3 Å². The first kappa shape index (κ1) is 42.9. The van der Waals surface area contributed by atoms with Crippen LogP contribution in [-0.4, -0.2) is 98.0 Å². The number of likely N-dealkylation sites (tertiary alicyclic amines) is 2. The summed E-state index contributed by atoms with van der Waals surface area (Å²) in [7, 11) is 0. The average Bonchev–Trinajstić information content (AvgIpc) is 3.01. The van der Waals surface area contributed by atoms with Crippen LogP contribution in [0.15, 0.2) is 97.0 Å². The van der Waals surface area contributed by atoms with Gasteiger partial charge < -0.3 is 30.2 Å². The topological polar surface area (TPSA) is 84.7 Å². The van der Waals surface area contributed by atoms with Crippen LogP contribution in [0.5, 0.6) is 5.75 Å². The minimum absolute atomic E-state index is 0. The molecule has 12 heteroatoms. The summed E-state index contributed by atoms with van der Waals surface area (Å²) in [5.41, 5.74) is 1.69. The normalized spacial score (nSPS) is 16.3. The van der Waals surface area contributed by atoms with Crippen LogP contribution in [0.4, 0.5) is 9.59 Å². The fraction of sp³-hybridized carbons (Fsp3) is 0.475. The van der Waals surface area contributed by atoms with E-state index >= 15 is 0 Å². The Kier molecular flexibility index (Phi) is 16.1. The fourth-order valence-corrected chi connectivity index (χ4v) is 5.59. The molecule has 0 unspecified atom stereocenters. The molecule has 3 aromatic rings. The molecule has 0 aliphatic carbocycles. The summed E-state index contributed by atoms with van der Waals surface area (Å²) in [4.78, 5) is 29.6. The quantitative estimate of drug-likeness (QED) is 0.261. The molecule has 2 aromatic carbocycles. The SMILES string of the molecule is CC(C)(C)OC(=O)N1CC(OC2=CCN(Cc3ccccc3)CC2)C1.CC(C)(C)OC(=O)N1CC(Oc2cc[n+](Cc3ccccc3)cc2)C1.[B].[H-].[Na+]. The summed E-state index contributed by atoms with van der Waals surface area (Å²) >= 11 is 0. The standard InChI is InChI=1S/C20H28N2O3.C20H25N2O3.B.Na.H/c2*1-20(2,3)25-19(23)22-14-18(15-22)24-17-9-11-21(12-10-17)13-16-7-5-4-6-8-16;;;/h4-9,18H,10-15H2,1-3H3;4-12,18H,13-15H2,1-3H3;;;/q;+1;;+1;-1. The number of pyridine rings is 1. The Morgan fingerprint density at radius 3 is 1.67 bits per heavy atom. The zero-order chi connectivity index (χ0) is 35.7. The molecule has 1 aromatic heterocycles. The molecule has 6 rings (SSSR count). The fourth-order valence-electron chi connectivity index (χ4n) is 5.59. The second-order valence-electron chi connectivity index (χ2n) is 15.1. The van der Waals surface area contributed by atoms with Crippen molar-refractivity contribution >= 4 is 20.6 Å². The van der Waals surface area contributed by atoms with E-state index in [1.807, 2.05) is 90.3 Å². The maximum atomic E-state index is 11.9. The van der Waals surface area contributed by atoms with E-state index < -0.39 is 11.2 Å². The molecule has 2 amide bonds. The minimum Gasteiger partial charge on any atom is -1.00 e. The van der Waals surface area contributed by atoms with E-state index in [9.17, 15) is 9.59 Å². The maximum absolute atomic E-state index is 11.9. The molecule has 4 heterocycles. The number of hydrogen-bond donors (Lipinski definition) is 0. The maximum Gasteiger partial charge on any atom is 1.00 e. The summed E-state index contributed by atoms with van der Waals surface area (Å²) in [5.74, 6) is 1.87. The zero-order valence-electron chi connectivity index (χ0n) is 33.0. The van der Waals surface area contributed by atoms with Crippen molar-refractivity contribution < 1.29 is 64.1 Å². The Balaban J connectivity index is 0.000000347. The summed E-state index contributed by atoms with van der Waals surface area (Å²) in [5, 5.41) is 0. The number of nitrogens with zero attached hydrogens (tertiary/aromatic N) is 4. The molecule has 10 nitrogen and oxygen atoms in total. The Labute approximate surface area is 335 Å². The van der Waals surface area contributed by atoms with Gasteiger partial charge in [-0.05, 0) is 53.2 Å². The summed E-state index contributed by atoms with van der Waals surface area (Å²) in [6.45, 7) is 17.3. The Morgan fingerprint density at radius 2 is 1.21 bits per heavy atom. The molecule has 0 spiro atoms. The van der Waals surface area contributed by atoms with E-state index in [0.29, 0.717) is 26.2 Å². The Bertz CT molecular complexity index is 1580. The molecule has 52 heavy (non-hydrogen) atoms. The third-order valence-corrected chi connectivity index (χ3v) is 8.19. The van der Waals surface area contributed by atoms with Crippen LogP contribution in [0, 0.1) is 0 Å². The van der Waals surface area contributed by atoms with Gasteiger partial charge in [0.1, 0.15) is 29.2 Å². The summed E-state index contributed by atoms with van der Waals surface area (Å²) in [6, 6.07) is 24.8. The van der Waals surface area contributed by atoms with E-state index in [2.05, 4.69) is 51.9 Å². The molecular formula is C40H54BN4NaO6+. The molecule has 0 atom stereocenters. The second kappa shape index (κ2) is 19.5. The third kappa shape index (κ3) is 14.1. The third-order valence-electron chi connectivity index (χ3n) is 8.19. The van der Waals surface area contributed by atoms with Crippen molar-refractivity contribution in [3.63, 3.8) is 0 Å². The van der Waals surface area contributed by atoms with E-state index in [4.69, 9.17) is 18.9 Å². The molecule has 0 N–H and O–H groups in total. The first-order valence-electron chi connectivity index (χ1n) is 17.6. The van der Waals surface area contributed by atoms with Crippen LogP contribution >= 0.6 is 0 Å². The van der Waals surface area contributed by atoms with Crippen molar-refractivity contribution in [2.75, 3.05) is 39.3 Å². The van der Waals surface area contributed by atoms with Gasteiger partial charge in [0.15, 0.2) is 18.9 Å². The van der Waals surface area contributed by atoms with Gasteiger partial charge >= 0.3 is 41.7 Å². The van der Waals surface area contributed by atoms with Gasteiger partial charge in [-0.25, -0.2) is 14.2 Å². The van der Waals surface area contributed by atoms with Gasteiger partial charge in [0.2, 0.25) is 0 Å². The van der Waals surface area contributed by atoms with Gasteiger partial charge in [0.25, 0.3) is 0 Å². The summed E-state index contributed by atoms with van der Waals surface area (Å²) < 4.78 is 24.7. The number of benzene rings is 2. The molecule has 3 aliphatic heterocycles. The van der Waals surface area contributed by atoms with Crippen LogP contribution in [0.1, 0.15) is 60.5 Å². The molecule has 3 radical (unpaired) electrons. The zero-order valence-corrected chi connectivity index (χ0v) is 34.0. The molecule has 2 saturated heterocycles. The number of aromatic nitrogens is 1. The van der Waals surface area contributed by atoms with Crippen LogP contribution in [0.3, 0.4) is 0 Å². The first-order chi connectivity index (χ1) is 23.8. The average molecular weight is 721 g/mol. The summed E-state index contributed by atoms with van der Waals surface area (Å²) in [6.07, 6.45) is 6.70. The minimum atomic E-state index is -0.463. The molecule has 0 saturated carbocycles. The number of amides is 2. The van der Waals surface area contributed by atoms with Crippen LogP contribution in [0.25, 0.3) is 0 Å². The van der Waals surface area contributed by atoms with Gasteiger partial charge in [-0.15, -0.1) is 0 Å². The monoisotopic (exact) mass is 720 g/mol. The second-order valence-corrected chi connectivity index (χ2v) is 15.1. The van der Waals surface area contributed by atoms with E-state index in [1.54, 1.807) is 9.80 Å². The Hall–Kier alpha value is -3.51. The number of ether oxygens (including phenoxy) is 4. The number of carbonyl (C=O) groups excluding carboxylic acids is 2. The molecule has 273 valence electrons. The van der Waals surface area contributed by atoms with Crippen molar-refractivity contribution in [1.82, 2.24) is 14.7 Å². The number of hydrogen-bond acceptors (Lipinski definition) is 7.